The molecule has 0 bridgehead atoms. The maximum Gasteiger partial charge on any atom is 0.435 e. The lowest BCUT2D eigenvalue weighted by atomic mass is 9.80. The van der Waals surface area contributed by atoms with Crippen molar-refractivity contribution in [2.45, 2.75) is 60.2 Å². The third-order valence-corrected chi connectivity index (χ3v) is 3.37. The van der Waals surface area contributed by atoms with E-state index in [0.29, 0.717) is 0 Å². The molecule has 0 fully saturated rings. The van der Waals surface area contributed by atoms with Crippen molar-refractivity contribution in [2.24, 2.45) is 0 Å². The van der Waals surface area contributed by atoms with Crippen LogP contribution in [0.15, 0.2) is 0 Å². The minimum Gasteiger partial charge on any atom is -0.231 e. The summed E-state index contributed by atoms with van der Waals surface area (Å²) in [5.74, 6) is -42.6. The third-order valence-electron chi connectivity index (χ3n) is 3.37. The fourth-order valence-electron chi connectivity index (χ4n) is 1.72. The Balaban J connectivity index is 7.18. The highest BCUT2D eigenvalue weighted by molar-refractivity contribution is 5.20. The molecule has 0 rings (SSSR count). The molecule has 0 aromatic heterocycles. The maximum absolute atomic E-state index is 13.6. The van der Waals surface area contributed by atoms with Crippen molar-refractivity contribution in [3.63, 3.8) is 0 Å². The Morgan fingerprint density at radius 1 is 0.400 bits per heavy atom. The first-order valence-corrected chi connectivity index (χ1v) is 6.23. The second-order valence-corrected chi connectivity index (χ2v) is 5.33. The van der Waals surface area contributed by atoms with Gasteiger partial charge < -0.3 is 0 Å². The Labute approximate surface area is 149 Å². The van der Waals surface area contributed by atoms with E-state index in [-0.39, 0.29) is 0 Å². The summed E-state index contributed by atoms with van der Waals surface area (Å²) in [7, 11) is 0. The summed E-state index contributed by atoms with van der Waals surface area (Å²) in [5, 5.41) is 0. The van der Waals surface area contributed by atoms with E-state index in [1.807, 2.05) is 0 Å². The van der Waals surface area contributed by atoms with Gasteiger partial charge in [-0.2, -0.15) is 70.2 Å². The predicted molar refractivity (Wildman–Crippen MR) is 51.6 cm³/mol. The second-order valence-electron chi connectivity index (χ2n) is 5.33. The second kappa shape index (κ2) is 7.06. The lowest BCUT2D eigenvalue weighted by Gasteiger charge is -2.45. The molecule has 0 radical (unpaired) electrons. The molecule has 0 saturated heterocycles. The van der Waals surface area contributed by atoms with Gasteiger partial charge in [-0.25, -0.2) is 17.6 Å². The van der Waals surface area contributed by atoms with Gasteiger partial charge in [0.15, 0.2) is 0 Å². The minimum atomic E-state index is -9.08. The van der Waals surface area contributed by atoms with Crippen LogP contribution in [0, 0.1) is 0 Å². The Bertz CT molecular complexity index is 608. The number of alkyl halides is 20. The molecule has 0 amide bonds. The van der Waals surface area contributed by atoms with Gasteiger partial charge in [0.2, 0.25) is 0 Å². The van der Waals surface area contributed by atoms with Crippen LogP contribution in [0.3, 0.4) is 0 Å². The monoisotopic (exact) mass is 502 g/mol. The van der Waals surface area contributed by atoms with Crippen LogP contribution in [0.2, 0.25) is 0 Å². The van der Waals surface area contributed by atoms with Gasteiger partial charge in [0.05, 0.1) is 0 Å². The van der Waals surface area contributed by atoms with Crippen LogP contribution < -0.4 is 0 Å². The fourth-order valence-corrected chi connectivity index (χ4v) is 1.72. The summed E-state index contributed by atoms with van der Waals surface area (Å²) < 4.78 is 253. The molecule has 0 aliphatic rings. The number of rotatable bonds is 7. The van der Waals surface area contributed by atoms with Crippen LogP contribution in [0.1, 0.15) is 0 Å². The summed E-state index contributed by atoms with van der Waals surface area (Å²) in [6.07, 6.45) is -28.8. The van der Waals surface area contributed by atoms with Gasteiger partial charge >= 0.3 is 54.1 Å². The zero-order chi connectivity index (χ0) is 25.2. The first kappa shape index (κ1) is 28.6. The lowest BCUT2D eigenvalue weighted by Crippen LogP contribution is -2.78. The van der Waals surface area contributed by atoms with E-state index in [1.54, 1.807) is 0 Å². The summed E-state index contributed by atoms with van der Waals surface area (Å²) >= 11 is 0. The minimum absolute atomic E-state index is 6.11. The Hall–Kier alpha value is -1.40. The molecule has 0 aliphatic carbocycles. The van der Waals surface area contributed by atoms with Gasteiger partial charge in [0, 0.05) is 0 Å². The molecule has 0 aromatic rings. The Morgan fingerprint density at radius 2 is 0.733 bits per heavy atom. The number of hydrogen-bond acceptors (Lipinski definition) is 0. The Morgan fingerprint density at radius 3 is 0.967 bits per heavy atom. The number of halogens is 20. The van der Waals surface area contributed by atoms with E-state index in [0.717, 1.165) is 0 Å². The molecule has 0 aromatic carbocycles. The van der Waals surface area contributed by atoms with Gasteiger partial charge in [-0.1, -0.05) is 0 Å². The van der Waals surface area contributed by atoms with Crippen molar-refractivity contribution >= 4 is 0 Å². The van der Waals surface area contributed by atoms with Crippen molar-refractivity contribution in [3.8, 4) is 0 Å². The highest BCUT2D eigenvalue weighted by atomic mass is 19.4. The van der Waals surface area contributed by atoms with Crippen LogP contribution in [0.4, 0.5) is 87.8 Å². The maximum atomic E-state index is 13.6. The molecule has 0 saturated carbocycles. The molecule has 0 spiro atoms. The van der Waals surface area contributed by atoms with E-state index in [9.17, 15) is 87.8 Å². The van der Waals surface area contributed by atoms with Crippen LogP contribution >= 0.6 is 0 Å². The molecule has 2 atom stereocenters. The number of hydrogen-bond donors (Lipinski definition) is 0. The first-order chi connectivity index (χ1) is 12.6. The smallest absolute Gasteiger partial charge is 0.231 e. The molecule has 0 nitrogen and oxygen atoms in total. The van der Waals surface area contributed by atoms with Gasteiger partial charge in [-0.3, -0.25) is 0 Å². The zero-order valence-electron chi connectivity index (χ0n) is 12.7. The van der Waals surface area contributed by atoms with E-state index in [4.69, 9.17) is 0 Å². The van der Waals surface area contributed by atoms with Crippen LogP contribution in [-0.4, -0.2) is 60.2 Å². The molecule has 0 N–H and O–H groups in total. The van der Waals surface area contributed by atoms with Crippen molar-refractivity contribution in [2.75, 3.05) is 0 Å². The van der Waals surface area contributed by atoms with Crippen molar-refractivity contribution in [1.29, 1.82) is 0 Å². The van der Waals surface area contributed by atoms with E-state index in [2.05, 4.69) is 0 Å². The molecule has 30 heavy (non-hydrogen) atoms. The van der Waals surface area contributed by atoms with Crippen molar-refractivity contribution < 1.29 is 87.8 Å². The van der Waals surface area contributed by atoms with Gasteiger partial charge in [0.1, 0.15) is 0 Å². The third kappa shape index (κ3) is 3.50. The summed E-state index contributed by atoms with van der Waals surface area (Å²) in [6, 6.07) is 0. The molecule has 182 valence electrons. The highest BCUT2D eigenvalue weighted by Crippen LogP contribution is 2.65. The SMILES string of the molecule is FC(F)C(F)(F)C(F)(F)C(F)(F)C(F)(F)C(F)(C(F)(F)F)C(F)(F)C(F)C(F)(F)F. The molecule has 20 heteroatoms. The normalized spacial score (nSPS) is 19.1. The molecular formula is C10H2F20. The van der Waals surface area contributed by atoms with E-state index < -0.39 is 60.2 Å². The van der Waals surface area contributed by atoms with Crippen molar-refractivity contribution in [1.82, 2.24) is 0 Å². The molecule has 0 aliphatic heterocycles. The van der Waals surface area contributed by atoms with E-state index in [1.165, 1.54) is 0 Å². The largest absolute Gasteiger partial charge is 0.435 e. The van der Waals surface area contributed by atoms with Gasteiger partial charge in [-0.05, 0) is 0 Å². The molecule has 2 unspecified atom stereocenters. The van der Waals surface area contributed by atoms with Gasteiger partial charge in [0.25, 0.3) is 6.17 Å². The van der Waals surface area contributed by atoms with Crippen LogP contribution in [-0.2, 0) is 0 Å². The summed E-state index contributed by atoms with van der Waals surface area (Å²) in [4.78, 5) is 0. The fraction of sp³-hybridized carbons (Fsp3) is 1.00. The average molecular weight is 502 g/mol. The quantitative estimate of drug-likeness (QED) is 0.345. The van der Waals surface area contributed by atoms with Crippen LogP contribution in [0.5, 0.6) is 0 Å². The molecular weight excluding hydrogens is 500 g/mol. The first-order valence-electron chi connectivity index (χ1n) is 6.23. The molecule has 0 heterocycles. The summed E-state index contributed by atoms with van der Waals surface area (Å²) in [5.41, 5.74) is -8.97. The average Bonchev–Trinajstić information content (AvgIpc) is 2.49. The predicted octanol–water partition coefficient (Wildman–Crippen LogP) is 6.60. The summed E-state index contributed by atoms with van der Waals surface area (Å²) in [6.45, 7) is 0. The lowest BCUT2D eigenvalue weighted by molar-refractivity contribution is -0.456. The van der Waals surface area contributed by atoms with Gasteiger partial charge in [-0.15, -0.1) is 0 Å². The van der Waals surface area contributed by atoms with Crippen LogP contribution in [0.25, 0.3) is 0 Å². The highest BCUT2D eigenvalue weighted by Gasteiger charge is 2.97. The van der Waals surface area contributed by atoms with Crippen molar-refractivity contribution in [3.05, 3.63) is 0 Å². The standard InChI is InChI=1S/C10H2F20/c11-1(5(18,19)20)3(14,15)6(21,10(28,29)30)8(24,25)9(26,27)7(22,23)4(16,17)2(12)13/h1-2H. The Kier molecular flexibility index (Phi) is 6.73. The van der Waals surface area contributed by atoms with E-state index >= 15 is 0 Å². The topological polar surface area (TPSA) is 0 Å². The zero-order valence-corrected chi connectivity index (χ0v) is 12.7.